The molecule has 3 saturated carbocycles. The summed E-state index contributed by atoms with van der Waals surface area (Å²) in [7, 11) is 0. The molecule has 0 spiro atoms. The molecule has 4 unspecified atom stereocenters. The van der Waals surface area contributed by atoms with E-state index in [0.717, 1.165) is 82.8 Å². The molecule has 3 aliphatic rings. The SMILES string of the molecule is C=CC(=O)OCCCOC1CCC(C(=O)OC2CCC(OCOC3CCC(OC(CC)OC(=O)C=C)CC3)C(C)C2)CC1. The second-order valence-electron chi connectivity index (χ2n) is 11.9. The van der Waals surface area contributed by atoms with Gasteiger partial charge in [0.05, 0.1) is 43.5 Å². The fourth-order valence-electron chi connectivity index (χ4n) is 6.10. The van der Waals surface area contributed by atoms with Crippen LogP contribution in [0.4, 0.5) is 0 Å². The fraction of sp³-hybridized carbons (Fsp3) is 0.788. The number of hydrogen-bond donors (Lipinski definition) is 0. The Morgan fingerprint density at radius 1 is 0.767 bits per heavy atom. The Labute approximate surface area is 256 Å². The van der Waals surface area contributed by atoms with E-state index in [4.69, 9.17) is 33.2 Å². The lowest BCUT2D eigenvalue weighted by atomic mass is 9.85. The average Bonchev–Trinajstić information content (AvgIpc) is 3.02. The number of ether oxygens (including phenoxy) is 7. The van der Waals surface area contributed by atoms with Crippen LogP contribution >= 0.6 is 0 Å². The van der Waals surface area contributed by atoms with Gasteiger partial charge >= 0.3 is 17.9 Å². The van der Waals surface area contributed by atoms with Crippen LogP contribution in [-0.2, 0) is 47.5 Å². The van der Waals surface area contributed by atoms with E-state index < -0.39 is 18.2 Å². The maximum atomic E-state index is 12.9. The zero-order valence-corrected chi connectivity index (χ0v) is 26.1. The molecule has 0 aromatic rings. The first-order chi connectivity index (χ1) is 20.8. The van der Waals surface area contributed by atoms with Gasteiger partial charge in [-0.2, -0.15) is 0 Å². The quantitative estimate of drug-likeness (QED) is 0.0683. The molecule has 10 heteroatoms. The highest BCUT2D eigenvalue weighted by atomic mass is 16.7. The topological polar surface area (TPSA) is 116 Å². The molecular weight excluding hydrogens is 556 g/mol. The lowest BCUT2D eigenvalue weighted by molar-refractivity contribution is -0.195. The minimum absolute atomic E-state index is 0.0525. The molecule has 0 aromatic carbocycles. The summed E-state index contributed by atoms with van der Waals surface area (Å²) < 4.78 is 40.1. The van der Waals surface area contributed by atoms with Gasteiger partial charge in [-0.05, 0) is 76.5 Å². The van der Waals surface area contributed by atoms with Gasteiger partial charge in [0.25, 0.3) is 0 Å². The third-order valence-corrected chi connectivity index (χ3v) is 8.69. The standard InChI is InChI=1S/C33H52O10/c1-5-30(34)38-20-8-19-37-25-11-9-24(10-12-25)33(36)42-28-17-18-29(23(4)21-28)40-22-39-26-13-15-27(16-14-26)41-32(7-3)43-31(35)6-2/h5-6,23-29,32H,1-2,7-22H2,3-4H3. The fourth-order valence-corrected chi connectivity index (χ4v) is 6.10. The molecule has 3 aliphatic carbocycles. The molecule has 3 fully saturated rings. The average molecular weight is 609 g/mol. The van der Waals surface area contributed by atoms with Crippen LogP contribution in [0, 0.1) is 11.8 Å². The van der Waals surface area contributed by atoms with Crippen molar-refractivity contribution in [3.05, 3.63) is 25.3 Å². The predicted molar refractivity (Wildman–Crippen MR) is 159 cm³/mol. The Balaban J connectivity index is 1.23. The summed E-state index contributed by atoms with van der Waals surface area (Å²) in [5.74, 6) is -0.761. The van der Waals surface area contributed by atoms with Crippen LogP contribution in [-0.4, -0.2) is 74.7 Å². The van der Waals surface area contributed by atoms with Crippen LogP contribution in [0.2, 0.25) is 0 Å². The molecule has 244 valence electrons. The van der Waals surface area contributed by atoms with E-state index in [0.29, 0.717) is 26.1 Å². The van der Waals surface area contributed by atoms with Crippen molar-refractivity contribution in [3.63, 3.8) is 0 Å². The summed E-state index contributed by atoms with van der Waals surface area (Å²) in [6.07, 6.45) is 12.5. The molecule has 43 heavy (non-hydrogen) atoms. The number of rotatable bonds is 17. The van der Waals surface area contributed by atoms with Crippen LogP contribution in [0.3, 0.4) is 0 Å². The lowest BCUT2D eigenvalue weighted by Crippen LogP contribution is -2.37. The first kappa shape index (κ1) is 35.2. The van der Waals surface area contributed by atoms with Crippen molar-refractivity contribution >= 4 is 17.9 Å². The van der Waals surface area contributed by atoms with Crippen LogP contribution in [0.1, 0.15) is 97.3 Å². The number of esters is 3. The maximum absolute atomic E-state index is 12.9. The summed E-state index contributed by atoms with van der Waals surface area (Å²) in [6, 6.07) is 0. The Hall–Kier alpha value is -2.27. The summed E-state index contributed by atoms with van der Waals surface area (Å²) in [4.78, 5) is 35.4. The van der Waals surface area contributed by atoms with Crippen molar-refractivity contribution in [1.29, 1.82) is 0 Å². The molecule has 10 nitrogen and oxygen atoms in total. The zero-order valence-electron chi connectivity index (χ0n) is 26.1. The first-order valence-corrected chi connectivity index (χ1v) is 16.1. The monoisotopic (exact) mass is 608 g/mol. The Bertz CT molecular complexity index is 875. The second-order valence-corrected chi connectivity index (χ2v) is 11.9. The minimum Gasteiger partial charge on any atom is -0.462 e. The van der Waals surface area contributed by atoms with E-state index in [9.17, 15) is 14.4 Å². The summed E-state index contributed by atoms with van der Waals surface area (Å²) in [5.41, 5.74) is 0. The molecule has 0 bridgehead atoms. The summed E-state index contributed by atoms with van der Waals surface area (Å²) >= 11 is 0. The van der Waals surface area contributed by atoms with Crippen LogP contribution < -0.4 is 0 Å². The summed E-state index contributed by atoms with van der Waals surface area (Å²) in [6.45, 7) is 12.0. The Kier molecular flexibility index (Phi) is 15.7. The smallest absolute Gasteiger partial charge is 0.332 e. The third-order valence-electron chi connectivity index (χ3n) is 8.69. The zero-order chi connectivity index (χ0) is 31.0. The molecular formula is C33H52O10. The van der Waals surface area contributed by atoms with Gasteiger partial charge in [0, 0.05) is 25.0 Å². The molecule has 0 N–H and O–H groups in total. The highest BCUT2D eigenvalue weighted by molar-refractivity contribution is 5.81. The molecule has 0 amide bonds. The van der Waals surface area contributed by atoms with Gasteiger partial charge in [-0.1, -0.05) is 27.0 Å². The van der Waals surface area contributed by atoms with Crippen molar-refractivity contribution < 1.29 is 47.5 Å². The van der Waals surface area contributed by atoms with Crippen molar-refractivity contribution in [2.75, 3.05) is 20.0 Å². The van der Waals surface area contributed by atoms with Gasteiger partial charge < -0.3 is 33.2 Å². The van der Waals surface area contributed by atoms with E-state index >= 15 is 0 Å². The Morgan fingerprint density at radius 3 is 2.05 bits per heavy atom. The van der Waals surface area contributed by atoms with Gasteiger partial charge in [-0.3, -0.25) is 4.79 Å². The van der Waals surface area contributed by atoms with Gasteiger partial charge in [-0.25, -0.2) is 9.59 Å². The van der Waals surface area contributed by atoms with Crippen LogP contribution in [0.5, 0.6) is 0 Å². The first-order valence-electron chi connectivity index (χ1n) is 16.1. The van der Waals surface area contributed by atoms with Gasteiger partial charge in [0.15, 0.2) is 0 Å². The van der Waals surface area contributed by atoms with E-state index in [1.165, 1.54) is 0 Å². The lowest BCUT2D eigenvalue weighted by Gasteiger charge is -2.35. The highest BCUT2D eigenvalue weighted by Crippen LogP contribution is 2.32. The molecule has 0 saturated heterocycles. The van der Waals surface area contributed by atoms with Crippen molar-refractivity contribution in [1.82, 2.24) is 0 Å². The minimum atomic E-state index is -0.541. The number of carbonyl (C=O) groups is 3. The number of carbonyl (C=O) groups excluding carboxylic acids is 3. The molecule has 0 radical (unpaired) electrons. The highest BCUT2D eigenvalue weighted by Gasteiger charge is 2.34. The summed E-state index contributed by atoms with van der Waals surface area (Å²) in [5, 5.41) is 0. The van der Waals surface area contributed by atoms with Crippen molar-refractivity contribution in [2.45, 2.75) is 134 Å². The molecule has 0 aliphatic heterocycles. The molecule has 3 rings (SSSR count). The van der Waals surface area contributed by atoms with Gasteiger partial charge in [-0.15, -0.1) is 0 Å². The Morgan fingerprint density at radius 2 is 1.40 bits per heavy atom. The van der Waals surface area contributed by atoms with E-state index in [1.807, 2.05) is 6.92 Å². The van der Waals surface area contributed by atoms with E-state index in [1.54, 1.807) is 0 Å². The third kappa shape index (κ3) is 12.7. The van der Waals surface area contributed by atoms with Crippen molar-refractivity contribution in [2.24, 2.45) is 11.8 Å². The predicted octanol–water partition coefficient (Wildman–Crippen LogP) is 5.57. The molecule has 0 heterocycles. The van der Waals surface area contributed by atoms with E-state index in [2.05, 4.69) is 20.1 Å². The maximum Gasteiger partial charge on any atom is 0.332 e. The number of hydrogen-bond acceptors (Lipinski definition) is 10. The normalized spacial score (nSPS) is 30.0. The molecule has 0 aromatic heterocycles. The van der Waals surface area contributed by atoms with Gasteiger partial charge in [0.2, 0.25) is 6.29 Å². The van der Waals surface area contributed by atoms with Crippen molar-refractivity contribution in [3.8, 4) is 0 Å². The largest absolute Gasteiger partial charge is 0.462 e. The van der Waals surface area contributed by atoms with E-state index in [-0.39, 0.29) is 55.1 Å². The molecule has 4 atom stereocenters. The second kappa shape index (κ2) is 19.2. The van der Waals surface area contributed by atoms with Crippen LogP contribution in [0.25, 0.3) is 0 Å². The van der Waals surface area contributed by atoms with Crippen LogP contribution in [0.15, 0.2) is 25.3 Å². The van der Waals surface area contributed by atoms with Gasteiger partial charge in [0.1, 0.15) is 12.9 Å².